The van der Waals surface area contributed by atoms with E-state index in [2.05, 4.69) is 33.2 Å². The van der Waals surface area contributed by atoms with Crippen LogP contribution in [0.4, 0.5) is 5.69 Å². The fraction of sp³-hybridized carbons (Fsp3) is 0.550. The van der Waals surface area contributed by atoms with Gasteiger partial charge in [-0.15, -0.1) is 0 Å². The highest BCUT2D eigenvalue weighted by Crippen LogP contribution is 2.27. The SMILES string of the molecule is CC(C)(C)S(=O)(=O)NC1CCC(CNc2ccc3ncccc3c2)CC1. The fourth-order valence-corrected chi connectivity index (χ4v) is 4.36. The van der Waals surface area contributed by atoms with E-state index in [9.17, 15) is 8.42 Å². The average Bonchev–Trinajstić information content (AvgIpc) is 2.60. The molecule has 1 aromatic carbocycles. The Hall–Kier alpha value is -1.66. The lowest BCUT2D eigenvalue weighted by atomic mass is 9.86. The van der Waals surface area contributed by atoms with Crippen molar-refractivity contribution in [2.24, 2.45) is 5.92 Å². The van der Waals surface area contributed by atoms with Gasteiger partial charge in [0.25, 0.3) is 0 Å². The van der Waals surface area contributed by atoms with Gasteiger partial charge in [0.2, 0.25) is 10.0 Å². The van der Waals surface area contributed by atoms with Gasteiger partial charge in [-0.25, -0.2) is 13.1 Å². The number of pyridine rings is 1. The van der Waals surface area contributed by atoms with Crippen molar-refractivity contribution in [2.75, 3.05) is 11.9 Å². The zero-order chi connectivity index (χ0) is 18.8. The predicted octanol–water partition coefficient (Wildman–Crippen LogP) is 3.92. The van der Waals surface area contributed by atoms with E-state index >= 15 is 0 Å². The molecule has 1 fully saturated rings. The minimum Gasteiger partial charge on any atom is -0.385 e. The van der Waals surface area contributed by atoms with Crippen molar-refractivity contribution < 1.29 is 8.42 Å². The second kappa shape index (κ2) is 7.53. The molecule has 6 heteroatoms. The molecule has 142 valence electrons. The Labute approximate surface area is 156 Å². The molecule has 1 aromatic heterocycles. The topological polar surface area (TPSA) is 71.1 Å². The number of benzene rings is 1. The number of rotatable bonds is 5. The van der Waals surface area contributed by atoms with Gasteiger partial charge >= 0.3 is 0 Å². The first kappa shape index (κ1) is 19.1. The molecule has 0 aliphatic heterocycles. The van der Waals surface area contributed by atoms with Crippen molar-refractivity contribution in [1.82, 2.24) is 9.71 Å². The van der Waals surface area contributed by atoms with Gasteiger partial charge in [-0.2, -0.15) is 0 Å². The third-order valence-electron chi connectivity index (χ3n) is 5.17. The molecule has 0 unspecified atom stereocenters. The van der Waals surface area contributed by atoms with Crippen LogP contribution in [-0.2, 0) is 10.0 Å². The Morgan fingerprint density at radius 3 is 2.54 bits per heavy atom. The highest BCUT2D eigenvalue weighted by molar-refractivity contribution is 7.90. The minimum atomic E-state index is -3.26. The lowest BCUT2D eigenvalue weighted by Crippen LogP contribution is -2.46. The van der Waals surface area contributed by atoms with Gasteiger partial charge in [-0.3, -0.25) is 4.98 Å². The largest absolute Gasteiger partial charge is 0.385 e. The third kappa shape index (κ3) is 4.54. The normalized spacial score (nSPS) is 21.7. The number of nitrogens with zero attached hydrogens (tertiary/aromatic N) is 1. The molecule has 0 amide bonds. The first-order chi connectivity index (χ1) is 12.2. The molecule has 3 rings (SSSR count). The van der Waals surface area contributed by atoms with Gasteiger partial charge in [0.1, 0.15) is 0 Å². The number of sulfonamides is 1. The highest BCUT2D eigenvalue weighted by atomic mass is 32.2. The average molecular weight is 376 g/mol. The lowest BCUT2D eigenvalue weighted by Gasteiger charge is -2.31. The predicted molar refractivity (Wildman–Crippen MR) is 108 cm³/mol. The van der Waals surface area contributed by atoms with Crippen LogP contribution in [-0.4, -0.2) is 30.7 Å². The van der Waals surface area contributed by atoms with Crippen molar-refractivity contribution in [2.45, 2.75) is 57.2 Å². The summed E-state index contributed by atoms with van der Waals surface area (Å²) < 4.78 is 26.7. The van der Waals surface area contributed by atoms with Crippen LogP contribution in [0.15, 0.2) is 36.5 Å². The number of fused-ring (bicyclic) bond motifs is 1. The molecule has 1 aliphatic carbocycles. The first-order valence-corrected chi connectivity index (χ1v) is 10.8. The van der Waals surface area contributed by atoms with Crippen LogP contribution >= 0.6 is 0 Å². The van der Waals surface area contributed by atoms with E-state index in [1.54, 1.807) is 20.8 Å². The zero-order valence-corrected chi connectivity index (χ0v) is 16.6. The number of anilines is 1. The number of hydrogen-bond acceptors (Lipinski definition) is 4. The second-order valence-electron chi connectivity index (χ2n) is 8.24. The summed E-state index contributed by atoms with van der Waals surface area (Å²) >= 11 is 0. The minimum absolute atomic E-state index is 0.0715. The maximum Gasteiger partial charge on any atom is 0.216 e. The summed E-state index contributed by atoms with van der Waals surface area (Å²) in [6, 6.07) is 10.3. The van der Waals surface area contributed by atoms with Crippen molar-refractivity contribution in [3.63, 3.8) is 0 Å². The summed E-state index contributed by atoms with van der Waals surface area (Å²) in [5, 5.41) is 4.66. The Balaban J connectivity index is 1.49. The smallest absolute Gasteiger partial charge is 0.216 e. The molecule has 1 aliphatic rings. The molecule has 0 atom stereocenters. The van der Waals surface area contributed by atoms with E-state index in [0.29, 0.717) is 5.92 Å². The van der Waals surface area contributed by atoms with Crippen molar-refractivity contribution in [3.05, 3.63) is 36.5 Å². The van der Waals surface area contributed by atoms with Crippen LogP contribution in [0.25, 0.3) is 10.9 Å². The van der Waals surface area contributed by atoms with E-state index in [1.165, 1.54) is 0 Å². The monoisotopic (exact) mass is 375 g/mol. The Kier molecular flexibility index (Phi) is 5.53. The fourth-order valence-electron chi connectivity index (χ4n) is 3.33. The molecule has 1 heterocycles. The van der Waals surface area contributed by atoms with Gasteiger partial charge in [0.05, 0.1) is 10.3 Å². The van der Waals surface area contributed by atoms with E-state index < -0.39 is 14.8 Å². The van der Waals surface area contributed by atoms with Gasteiger partial charge in [-0.1, -0.05) is 6.07 Å². The third-order valence-corrected chi connectivity index (χ3v) is 7.43. The number of hydrogen-bond donors (Lipinski definition) is 2. The van der Waals surface area contributed by atoms with Crippen LogP contribution in [0.2, 0.25) is 0 Å². The Morgan fingerprint density at radius 2 is 1.85 bits per heavy atom. The maximum atomic E-state index is 12.3. The molecular formula is C20H29N3O2S. The van der Waals surface area contributed by atoms with Crippen LogP contribution < -0.4 is 10.0 Å². The molecule has 2 aromatic rings. The van der Waals surface area contributed by atoms with Gasteiger partial charge in [-0.05, 0) is 76.6 Å². The van der Waals surface area contributed by atoms with Crippen LogP contribution in [0.5, 0.6) is 0 Å². The summed E-state index contributed by atoms with van der Waals surface area (Å²) in [5.74, 6) is 0.579. The van der Waals surface area contributed by atoms with E-state index in [4.69, 9.17) is 0 Å². The first-order valence-electron chi connectivity index (χ1n) is 9.35. The summed E-state index contributed by atoms with van der Waals surface area (Å²) in [6.45, 7) is 6.14. The maximum absolute atomic E-state index is 12.3. The Bertz CT molecular complexity index is 851. The highest BCUT2D eigenvalue weighted by Gasteiger charge is 2.32. The Morgan fingerprint density at radius 1 is 1.12 bits per heavy atom. The van der Waals surface area contributed by atoms with Gasteiger partial charge in [0, 0.05) is 29.9 Å². The molecular weight excluding hydrogens is 346 g/mol. The molecule has 0 radical (unpaired) electrons. The summed E-state index contributed by atoms with van der Waals surface area (Å²) in [6.07, 6.45) is 5.70. The lowest BCUT2D eigenvalue weighted by molar-refractivity contribution is 0.322. The molecule has 0 bridgehead atoms. The summed E-state index contributed by atoms with van der Waals surface area (Å²) in [5.41, 5.74) is 2.12. The molecule has 5 nitrogen and oxygen atoms in total. The number of nitrogens with one attached hydrogen (secondary N) is 2. The molecule has 0 spiro atoms. The zero-order valence-electron chi connectivity index (χ0n) is 15.8. The van der Waals surface area contributed by atoms with Gasteiger partial charge < -0.3 is 5.32 Å². The van der Waals surface area contributed by atoms with Crippen molar-refractivity contribution in [3.8, 4) is 0 Å². The van der Waals surface area contributed by atoms with Crippen molar-refractivity contribution in [1.29, 1.82) is 0 Å². The number of aromatic nitrogens is 1. The van der Waals surface area contributed by atoms with E-state index in [1.807, 2.05) is 18.3 Å². The molecule has 26 heavy (non-hydrogen) atoms. The van der Waals surface area contributed by atoms with E-state index in [0.717, 1.165) is 48.8 Å². The quantitative estimate of drug-likeness (QED) is 0.831. The molecule has 1 saturated carbocycles. The molecule has 2 N–H and O–H groups in total. The van der Waals surface area contributed by atoms with Crippen LogP contribution in [0, 0.1) is 5.92 Å². The van der Waals surface area contributed by atoms with Crippen LogP contribution in [0.3, 0.4) is 0 Å². The van der Waals surface area contributed by atoms with Gasteiger partial charge in [0.15, 0.2) is 0 Å². The van der Waals surface area contributed by atoms with E-state index in [-0.39, 0.29) is 6.04 Å². The standard InChI is InChI=1S/C20H29N3O2S/c1-20(2,3)26(24,25)23-17-8-6-15(7-9-17)14-22-18-10-11-19-16(13-18)5-4-12-21-19/h4-5,10-13,15,17,22-23H,6-9,14H2,1-3H3. The summed E-state index contributed by atoms with van der Waals surface area (Å²) in [7, 11) is -3.26. The summed E-state index contributed by atoms with van der Waals surface area (Å²) in [4.78, 5) is 4.34. The second-order valence-corrected chi connectivity index (χ2v) is 10.7. The molecule has 0 saturated heterocycles. The van der Waals surface area contributed by atoms with Crippen LogP contribution in [0.1, 0.15) is 46.5 Å². The van der Waals surface area contributed by atoms with Crippen molar-refractivity contribution >= 4 is 26.6 Å².